The van der Waals surface area contributed by atoms with Crippen LogP contribution in [0, 0.1) is 5.92 Å². The Morgan fingerprint density at radius 1 is 1.25 bits per heavy atom. The summed E-state index contributed by atoms with van der Waals surface area (Å²) in [5.74, 6) is -1.15. The summed E-state index contributed by atoms with van der Waals surface area (Å²) in [7, 11) is 0. The number of carboxylic acids is 1. The van der Waals surface area contributed by atoms with Crippen LogP contribution in [-0.4, -0.2) is 40.5 Å². The van der Waals surface area contributed by atoms with Crippen LogP contribution in [0.3, 0.4) is 0 Å². The number of carboxylic acid groups (broad SMARTS) is 1. The molecule has 2 saturated heterocycles. The first-order chi connectivity index (χ1) is 9.66. The lowest BCUT2D eigenvalue weighted by atomic mass is 9.89. The molecule has 2 aliphatic heterocycles. The van der Waals surface area contributed by atoms with Crippen molar-refractivity contribution in [2.75, 3.05) is 11.9 Å². The number of para-hydroxylation sites is 1. The standard InChI is InChI=1S/C15H18N2O3/c18-14(9-16-10-4-2-1-3-5-10)17-11-6-7-13(17)12(8-11)15(19)20/h1-5,11-13,16H,6-9H2,(H,19,20). The van der Waals surface area contributed by atoms with Crippen LogP contribution in [0.15, 0.2) is 30.3 Å². The van der Waals surface area contributed by atoms with E-state index >= 15 is 0 Å². The minimum Gasteiger partial charge on any atom is -0.481 e. The van der Waals surface area contributed by atoms with Crippen molar-refractivity contribution in [1.82, 2.24) is 4.90 Å². The molecule has 0 spiro atoms. The maximum Gasteiger partial charge on any atom is 0.308 e. The van der Waals surface area contributed by atoms with Gasteiger partial charge in [-0.1, -0.05) is 18.2 Å². The van der Waals surface area contributed by atoms with Gasteiger partial charge in [-0.25, -0.2) is 0 Å². The summed E-state index contributed by atoms with van der Waals surface area (Å²) in [6.07, 6.45) is 2.36. The fourth-order valence-corrected chi connectivity index (χ4v) is 3.47. The van der Waals surface area contributed by atoms with Crippen LogP contribution in [0.1, 0.15) is 19.3 Å². The molecule has 3 unspecified atom stereocenters. The number of amides is 1. The van der Waals surface area contributed by atoms with Gasteiger partial charge in [0.25, 0.3) is 0 Å². The molecule has 3 atom stereocenters. The molecule has 0 aliphatic carbocycles. The smallest absolute Gasteiger partial charge is 0.308 e. The Balaban J connectivity index is 1.62. The highest BCUT2D eigenvalue weighted by Gasteiger charge is 2.50. The topological polar surface area (TPSA) is 69.6 Å². The number of benzene rings is 1. The van der Waals surface area contributed by atoms with E-state index in [0.29, 0.717) is 6.42 Å². The number of nitrogens with one attached hydrogen (secondary N) is 1. The SMILES string of the molecule is O=C(O)C1CC2CCC1N2C(=O)CNc1ccccc1. The zero-order valence-corrected chi connectivity index (χ0v) is 11.2. The second-order valence-corrected chi connectivity index (χ2v) is 5.50. The Labute approximate surface area is 117 Å². The molecule has 2 aliphatic rings. The number of rotatable bonds is 4. The van der Waals surface area contributed by atoms with E-state index in [1.54, 1.807) is 4.90 Å². The highest BCUT2D eigenvalue weighted by Crippen LogP contribution is 2.41. The van der Waals surface area contributed by atoms with Gasteiger partial charge in [0.1, 0.15) is 0 Å². The maximum absolute atomic E-state index is 12.3. The van der Waals surface area contributed by atoms with Crippen LogP contribution in [0.2, 0.25) is 0 Å². The van der Waals surface area contributed by atoms with Crippen LogP contribution >= 0.6 is 0 Å². The Hall–Kier alpha value is -2.04. The molecule has 0 radical (unpaired) electrons. The van der Waals surface area contributed by atoms with E-state index in [1.807, 2.05) is 30.3 Å². The van der Waals surface area contributed by atoms with E-state index in [9.17, 15) is 14.7 Å². The number of fused-ring (bicyclic) bond motifs is 2. The Morgan fingerprint density at radius 2 is 2.00 bits per heavy atom. The zero-order chi connectivity index (χ0) is 14.1. The van der Waals surface area contributed by atoms with Crippen molar-refractivity contribution in [1.29, 1.82) is 0 Å². The molecule has 5 nitrogen and oxygen atoms in total. The Bertz CT molecular complexity index is 517. The Morgan fingerprint density at radius 3 is 2.65 bits per heavy atom. The van der Waals surface area contributed by atoms with Gasteiger partial charge in [0, 0.05) is 17.8 Å². The molecule has 2 fully saturated rings. The Kier molecular flexibility index (Phi) is 3.34. The summed E-state index contributed by atoms with van der Waals surface area (Å²) in [6, 6.07) is 9.57. The van der Waals surface area contributed by atoms with E-state index in [0.717, 1.165) is 18.5 Å². The van der Waals surface area contributed by atoms with Crippen LogP contribution in [0.25, 0.3) is 0 Å². The molecule has 1 aromatic carbocycles. The van der Waals surface area contributed by atoms with Gasteiger partial charge in [0.05, 0.1) is 12.5 Å². The molecule has 20 heavy (non-hydrogen) atoms. The lowest BCUT2D eigenvalue weighted by Gasteiger charge is -2.23. The monoisotopic (exact) mass is 274 g/mol. The second-order valence-electron chi connectivity index (χ2n) is 5.50. The zero-order valence-electron chi connectivity index (χ0n) is 11.2. The van der Waals surface area contributed by atoms with E-state index in [-0.39, 0.29) is 30.5 Å². The van der Waals surface area contributed by atoms with E-state index in [4.69, 9.17) is 0 Å². The quantitative estimate of drug-likeness (QED) is 0.874. The highest BCUT2D eigenvalue weighted by molar-refractivity contribution is 5.84. The van der Waals surface area contributed by atoms with Crippen LogP contribution in [0.5, 0.6) is 0 Å². The molecule has 0 aromatic heterocycles. The largest absolute Gasteiger partial charge is 0.481 e. The van der Waals surface area contributed by atoms with Gasteiger partial charge >= 0.3 is 5.97 Å². The van der Waals surface area contributed by atoms with Crippen molar-refractivity contribution < 1.29 is 14.7 Å². The van der Waals surface area contributed by atoms with Crippen LogP contribution < -0.4 is 5.32 Å². The number of carbonyl (C=O) groups is 2. The van der Waals surface area contributed by atoms with Crippen molar-refractivity contribution in [2.24, 2.45) is 5.92 Å². The average Bonchev–Trinajstić information content (AvgIpc) is 3.03. The second kappa shape index (κ2) is 5.15. The number of anilines is 1. The lowest BCUT2D eigenvalue weighted by Crippen LogP contribution is -2.40. The summed E-state index contributed by atoms with van der Waals surface area (Å²) in [6.45, 7) is 0.226. The van der Waals surface area contributed by atoms with Gasteiger partial charge in [0.15, 0.2) is 0 Å². The van der Waals surface area contributed by atoms with Crippen molar-refractivity contribution in [3.05, 3.63) is 30.3 Å². The van der Waals surface area contributed by atoms with Gasteiger partial charge < -0.3 is 15.3 Å². The van der Waals surface area contributed by atoms with Crippen molar-refractivity contribution in [3.8, 4) is 0 Å². The van der Waals surface area contributed by atoms with Gasteiger partial charge in [-0.3, -0.25) is 9.59 Å². The fraction of sp³-hybridized carbons (Fsp3) is 0.467. The number of nitrogens with zero attached hydrogens (tertiary/aromatic N) is 1. The van der Waals surface area contributed by atoms with Gasteiger partial charge in [-0.15, -0.1) is 0 Å². The molecule has 1 amide bonds. The molecule has 5 heteroatoms. The van der Waals surface area contributed by atoms with Crippen molar-refractivity contribution in [3.63, 3.8) is 0 Å². The van der Waals surface area contributed by atoms with E-state index in [2.05, 4.69) is 5.32 Å². The van der Waals surface area contributed by atoms with Crippen LogP contribution in [0.4, 0.5) is 5.69 Å². The molecule has 2 heterocycles. The molecule has 2 N–H and O–H groups in total. The summed E-state index contributed by atoms with van der Waals surface area (Å²) >= 11 is 0. The first-order valence-electron chi connectivity index (χ1n) is 6.99. The van der Waals surface area contributed by atoms with E-state index in [1.165, 1.54) is 0 Å². The van der Waals surface area contributed by atoms with Crippen molar-refractivity contribution >= 4 is 17.6 Å². The minimum absolute atomic E-state index is 0.00473. The highest BCUT2D eigenvalue weighted by atomic mass is 16.4. The molecule has 0 saturated carbocycles. The maximum atomic E-state index is 12.3. The average molecular weight is 274 g/mol. The third kappa shape index (κ3) is 2.24. The van der Waals surface area contributed by atoms with Gasteiger partial charge in [0.2, 0.25) is 5.91 Å². The molecule has 3 rings (SSSR count). The normalized spacial score (nSPS) is 27.6. The predicted octanol–water partition coefficient (Wildman–Crippen LogP) is 1.56. The van der Waals surface area contributed by atoms with Gasteiger partial charge in [-0.2, -0.15) is 0 Å². The number of hydrogen-bond donors (Lipinski definition) is 2. The molecule has 1 aromatic rings. The van der Waals surface area contributed by atoms with Crippen molar-refractivity contribution in [2.45, 2.75) is 31.3 Å². The summed E-state index contributed by atoms with van der Waals surface area (Å²) in [5.41, 5.74) is 0.905. The third-order valence-corrected chi connectivity index (χ3v) is 4.36. The van der Waals surface area contributed by atoms with E-state index < -0.39 is 5.97 Å². The molecular formula is C15H18N2O3. The minimum atomic E-state index is -0.772. The summed E-state index contributed by atoms with van der Waals surface area (Å²) in [4.78, 5) is 25.3. The number of aliphatic carboxylic acids is 1. The fourth-order valence-electron chi connectivity index (χ4n) is 3.47. The lowest BCUT2D eigenvalue weighted by molar-refractivity contribution is -0.143. The van der Waals surface area contributed by atoms with Gasteiger partial charge in [-0.05, 0) is 31.4 Å². The first kappa shape index (κ1) is 13.0. The molecule has 106 valence electrons. The van der Waals surface area contributed by atoms with Crippen LogP contribution in [-0.2, 0) is 9.59 Å². The molecule has 2 bridgehead atoms. The number of carbonyl (C=O) groups excluding carboxylic acids is 1. The summed E-state index contributed by atoms with van der Waals surface area (Å²) < 4.78 is 0. The summed E-state index contributed by atoms with van der Waals surface area (Å²) in [5, 5.41) is 12.3. The first-order valence-corrected chi connectivity index (χ1v) is 6.99. The molecular weight excluding hydrogens is 256 g/mol. The predicted molar refractivity (Wildman–Crippen MR) is 74.3 cm³/mol. The third-order valence-electron chi connectivity index (χ3n) is 4.36. The number of hydrogen-bond acceptors (Lipinski definition) is 3.